The van der Waals surface area contributed by atoms with Crippen LogP contribution in [-0.4, -0.2) is 27.3 Å². The Bertz CT molecular complexity index is 1010. The number of halogens is 4. The van der Waals surface area contributed by atoms with E-state index in [0.717, 1.165) is 12.1 Å². The minimum atomic E-state index is -4.88. The topological polar surface area (TPSA) is 80.5 Å². The third-order valence-corrected chi connectivity index (χ3v) is 5.90. The lowest BCUT2D eigenvalue weighted by atomic mass is 9.88. The molecular weight excluding hydrogens is 412 g/mol. The van der Waals surface area contributed by atoms with E-state index >= 15 is 0 Å². The third-order valence-electron chi connectivity index (χ3n) is 4.93. The van der Waals surface area contributed by atoms with Gasteiger partial charge in [-0.05, 0) is 55.3 Å². The molecule has 0 amide bonds. The van der Waals surface area contributed by atoms with E-state index in [1.54, 1.807) is 4.90 Å². The Labute approximate surface area is 165 Å². The maximum Gasteiger partial charge on any atom is 0.417 e. The molecule has 10 heteroatoms. The average molecular weight is 430 g/mol. The van der Waals surface area contributed by atoms with Crippen LogP contribution in [0.25, 0.3) is 0 Å². The van der Waals surface area contributed by atoms with Gasteiger partial charge >= 0.3 is 6.18 Å². The number of hydrogen-bond acceptors (Lipinski definition) is 4. The molecule has 1 aliphatic rings. The lowest BCUT2D eigenvalue weighted by Gasteiger charge is -2.33. The number of Topliss-reactive ketones (excluding diaryl/α,β-unsaturated/α-hetero) is 1. The van der Waals surface area contributed by atoms with Crippen molar-refractivity contribution in [2.45, 2.75) is 23.9 Å². The van der Waals surface area contributed by atoms with Gasteiger partial charge in [-0.2, -0.15) is 13.2 Å². The summed E-state index contributed by atoms with van der Waals surface area (Å²) < 4.78 is 75.8. The number of nitrogens with two attached hydrogens (primary N) is 1. The number of rotatable bonds is 4. The number of carbonyl (C=O) groups excluding carboxylic acids is 1. The standard InChI is InChI=1S/C19H18F4N2O3S/c20-14-3-1-12(2-4-14)18(26)13-7-9-25(10-8-13)15-5-6-17(29(24,27)28)16(11-15)19(21,22)23/h1-6,11,13H,7-10H2,(H2,24,27,28). The van der Waals surface area contributed by atoms with E-state index in [-0.39, 0.29) is 17.4 Å². The van der Waals surface area contributed by atoms with Gasteiger partial charge in [0, 0.05) is 30.3 Å². The fourth-order valence-electron chi connectivity index (χ4n) is 3.43. The minimum Gasteiger partial charge on any atom is -0.371 e. The molecule has 1 fully saturated rings. The van der Waals surface area contributed by atoms with Crippen molar-refractivity contribution in [3.8, 4) is 0 Å². The van der Waals surface area contributed by atoms with E-state index in [9.17, 15) is 30.8 Å². The van der Waals surface area contributed by atoms with Gasteiger partial charge in [0.1, 0.15) is 5.82 Å². The second kappa shape index (κ2) is 7.75. The zero-order chi connectivity index (χ0) is 21.4. The molecule has 0 bridgehead atoms. The first-order valence-corrected chi connectivity index (χ1v) is 10.3. The fourth-order valence-corrected chi connectivity index (χ4v) is 4.17. The monoisotopic (exact) mass is 430 g/mol. The maximum atomic E-state index is 13.3. The highest BCUT2D eigenvalue weighted by molar-refractivity contribution is 7.89. The molecule has 0 aromatic heterocycles. The van der Waals surface area contributed by atoms with Crippen molar-refractivity contribution in [1.82, 2.24) is 0 Å². The smallest absolute Gasteiger partial charge is 0.371 e. The Morgan fingerprint density at radius 2 is 1.62 bits per heavy atom. The van der Waals surface area contributed by atoms with Crippen LogP contribution in [0.2, 0.25) is 0 Å². The van der Waals surface area contributed by atoms with Crippen molar-refractivity contribution in [2.75, 3.05) is 18.0 Å². The number of nitrogens with zero attached hydrogens (tertiary/aromatic N) is 1. The van der Waals surface area contributed by atoms with Crippen LogP contribution in [0.1, 0.15) is 28.8 Å². The second-order valence-electron chi connectivity index (χ2n) is 6.86. The Morgan fingerprint density at radius 1 is 1.03 bits per heavy atom. The van der Waals surface area contributed by atoms with Crippen LogP contribution in [0.4, 0.5) is 23.2 Å². The van der Waals surface area contributed by atoms with Gasteiger partial charge in [-0.25, -0.2) is 17.9 Å². The highest BCUT2D eigenvalue weighted by atomic mass is 32.2. The van der Waals surface area contributed by atoms with Crippen molar-refractivity contribution in [3.63, 3.8) is 0 Å². The number of anilines is 1. The average Bonchev–Trinajstić information content (AvgIpc) is 2.66. The summed E-state index contributed by atoms with van der Waals surface area (Å²) >= 11 is 0. The highest BCUT2D eigenvalue weighted by Gasteiger charge is 2.37. The molecule has 3 rings (SSSR count). The zero-order valence-electron chi connectivity index (χ0n) is 15.1. The van der Waals surface area contributed by atoms with Crippen LogP contribution < -0.4 is 10.0 Å². The molecule has 5 nitrogen and oxygen atoms in total. The molecule has 1 heterocycles. The molecule has 156 valence electrons. The second-order valence-corrected chi connectivity index (χ2v) is 8.39. The van der Waals surface area contributed by atoms with Gasteiger partial charge in [-0.3, -0.25) is 4.79 Å². The van der Waals surface area contributed by atoms with Crippen molar-refractivity contribution in [3.05, 3.63) is 59.4 Å². The molecule has 0 spiro atoms. The van der Waals surface area contributed by atoms with Crippen LogP contribution >= 0.6 is 0 Å². The lowest BCUT2D eigenvalue weighted by Crippen LogP contribution is -2.36. The molecular formula is C19H18F4N2O3S. The van der Waals surface area contributed by atoms with Crippen LogP contribution in [0.5, 0.6) is 0 Å². The number of benzene rings is 2. The first-order chi connectivity index (χ1) is 13.5. The summed E-state index contributed by atoms with van der Waals surface area (Å²) in [5.74, 6) is -0.896. The predicted octanol–water partition coefficient (Wildman–Crippen LogP) is 3.59. The number of primary sulfonamides is 1. The van der Waals surface area contributed by atoms with E-state index in [2.05, 4.69) is 0 Å². The number of piperidine rings is 1. The molecule has 0 atom stereocenters. The Balaban J connectivity index is 1.77. The SMILES string of the molecule is NS(=O)(=O)c1ccc(N2CCC(C(=O)c3ccc(F)cc3)CC2)cc1C(F)(F)F. The number of hydrogen-bond donors (Lipinski definition) is 1. The molecule has 1 saturated heterocycles. The van der Waals surface area contributed by atoms with E-state index < -0.39 is 32.5 Å². The van der Waals surface area contributed by atoms with Crippen molar-refractivity contribution >= 4 is 21.5 Å². The molecule has 1 aliphatic heterocycles. The summed E-state index contributed by atoms with van der Waals surface area (Å²) in [6.07, 6.45) is -4.06. The molecule has 0 unspecified atom stereocenters. The number of alkyl halides is 3. The van der Waals surface area contributed by atoms with Crippen LogP contribution in [-0.2, 0) is 16.2 Å². The quantitative estimate of drug-likeness (QED) is 0.594. The first-order valence-electron chi connectivity index (χ1n) is 8.75. The largest absolute Gasteiger partial charge is 0.417 e. The molecule has 0 saturated carbocycles. The summed E-state index contributed by atoms with van der Waals surface area (Å²) in [5, 5.41) is 4.90. The zero-order valence-corrected chi connectivity index (χ0v) is 15.9. The molecule has 2 aromatic rings. The van der Waals surface area contributed by atoms with E-state index in [4.69, 9.17) is 5.14 Å². The summed E-state index contributed by atoms with van der Waals surface area (Å²) in [5.41, 5.74) is -0.721. The van der Waals surface area contributed by atoms with E-state index in [0.29, 0.717) is 31.5 Å². The first kappa shape index (κ1) is 21.3. The molecule has 0 radical (unpaired) electrons. The number of sulfonamides is 1. The molecule has 0 aliphatic carbocycles. The maximum absolute atomic E-state index is 13.3. The van der Waals surface area contributed by atoms with Crippen LogP contribution in [0.3, 0.4) is 0 Å². The van der Waals surface area contributed by atoms with Gasteiger partial charge < -0.3 is 4.90 Å². The van der Waals surface area contributed by atoms with Crippen LogP contribution in [0, 0.1) is 11.7 Å². The Hall–Kier alpha value is -2.46. The van der Waals surface area contributed by atoms with Gasteiger partial charge in [0.15, 0.2) is 5.78 Å². The highest BCUT2D eigenvalue weighted by Crippen LogP contribution is 2.37. The molecule has 2 N–H and O–H groups in total. The third kappa shape index (κ3) is 4.76. The van der Waals surface area contributed by atoms with E-state index in [1.807, 2.05) is 0 Å². The summed E-state index contributed by atoms with van der Waals surface area (Å²) in [4.78, 5) is 13.2. The molecule has 2 aromatic carbocycles. The summed E-state index contributed by atoms with van der Waals surface area (Å²) in [6, 6.07) is 8.11. The van der Waals surface area contributed by atoms with Crippen molar-refractivity contribution in [2.24, 2.45) is 11.1 Å². The fraction of sp³-hybridized carbons (Fsp3) is 0.316. The van der Waals surface area contributed by atoms with Gasteiger partial charge in [0.25, 0.3) is 0 Å². The summed E-state index contributed by atoms with van der Waals surface area (Å²) in [7, 11) is -4.53. The van der Waals surface area contributed by atoms with Gasteiger partial charge in [0.05, 0.1) is 10.5 Å². The van der Waals surface area contributed by atoms with E-state index in [1.165, 1.54) is 30.3 Å². The minimum absolute atomic E-state index is 0.134. The number of carbonyl (C=O) groups is 1. The van der Waals surface area contributed by atoms with Gasteiger partial charge in [0.2, 0.25) is 10.0 Å². The Kier molecular flexibility index (Phi) is 5.68. The van der Waals surface area contributed by atoms with Crippen molar-refractivity contribution < 1.29 is 30.8 Å². The van der Waals surface area contributed by atoms with Crippen LogP contribution in [0.15, 0.2) is 47.4 Å². The van der Waals surface area contributed by atoms with Crippen molar-refractivity contribution in [1.29, 1.82) is 0 Å². The van der Waals surface area contributed by atoms with Gasteiger partial charge in [-0.15, -0.1) is 0 Å². The normalized spacial score (nSPS) is 16.1. The predicted molar refractivity (Wildman–Crippen MR) is 98.5 cm³/mol. The van der Waals surface area contributed by atoms with Gasteiger partial charge in [-0.1, -0.05) is 0 Å². The molecule has 29 heavy (non-hydrogen) atoms. The number of ketones is 1. The summed E-state index contributed by atoms with van der Waals surface area (Å²) in [6.45, 7) is 0.646. The lowest BCUT2D eigenvalue weighted by molar-refractivity contribution is -0.139. The Morgan fingerprint density at radius 3 is 2.14 bits per heavy atom.